The molecule has 0 spiro atoms. The van der Waals surface area contributed by atoms with Crippen LogP contribution in [0.4, 0.5) is 4.79 Å². The second kappa shape index (κ2) is 6.70. The number of rotatable bonds is 4. The summed E-state index contributed by atoms with van der Waals surface area (Å²) >= 11 is 5.60. The van der Waals surface area contributed by atoms with E-state index in [9.17, 15) is 4.79 Å². The molecule has 0 atom stereocenters. The molecule has 1 rings (SSSR count). The van der Waals surface area contributed by atoms with Gasteiger partial charge in [0.15, 0.2) is 0 Å². The Morgan fingerprint density at radius 2 is 2.44 bits per heavy atom. The minimum absolute atomic E-state index is 0.219. The molecular formula is C11H11ClN2O2. The first-order valence-electron chi connectivity index (χ1n) is 4.67. The van der Waals surface area contributed by atoms with Crippen LogP contribution in [0, 0.1) is 12.3 Å². The smallest absolute Gasteiger partial charge is 0.391 e. The topological polar surface area (TPSA) is 51.2 Å². The highest BCUT2D eigenvalue weighted by Crippen LogP contribution is 2.09. The number of carbonyl (C=O) groups is 1. The van der Waals surface area contributed by atoms with Crippen molar-refractivity contribution in [2.45, 2.75) is 12.3 Å². The van der Waals surface area contributed by atoms with Crippen LogP contribution in [0.25, 0.3) is 0 Å². The minimum Gasteiger partial charge on any atom is -0.391 e. The number of terminal acetylenes is 1. The first-order valence-corrected chi connectivity index (χ1v) is 5.20. The van der Waals surface area contributed by atoms with Gasteiger partial charge in [-0.3, -0.25) is 0 Å². The van der Waals surface area contributed by atoms with Crippen molar-refractivity contribution in [3.05, 3.63) is 23.9 Å². The zero-order valence-electron chi connectivity index (χ0n) is 8.57. The van der Waals surface area contributed by atoms with Crippen LogP contribution in [0.1, 0.15) is 12.1 Å². The Morgan fingerprint density at radius 1 is 1.62 bits per heavy atom. The Labute approximate surface area is 99.0 Å². The summed E-state index contributed by atoms with van der Waals surface area (Å²) in [6.45, 7) is 0.379. The van der Waals surface area contributed by atoms with E-state index >= 15 is 0 Å². The molecule has 0 saturated heterocycles. The molecule has 0 unspecified atom stereocenters. The van der Waals surface area contributed by atoms with Gasteiger partial charge in [-0.15, -0.1) is 23.9 Å². The number of alkyl halides is 1. The van der Waals surface area contributed by atoms with Crippen molar-refractivity contribution in [3.8, 4) is 18.2 Å². The van der Waals surface area contributed by atoms with Crippen LogP contribution < -0.4 is 10.1 Å². The molecule has 0 aromatic carbocycles. The normalized spacial score (nSPS) is 9.25. The summed E-state index contributed by atoms with van der Waals surface area (Å²) in [5, 5.41) is 2.49. The predicted molar refractivity (Wildman–Crippen MR) is 61.3 cm³/mol. The van der Waals surface area contributed by atoms with Crippen LogP contribution in [-0.2, 0) is 5.88 Å². The number of nitrogens with one attached hydrogen (secondary N) is 1. The van der Waals surface area contributed by atoms with Gasteiger partial charge < -0.3 is 10.1 Å². The summed E-state index contributed by atoms with van der Waals surface area (Å²) < 4.78 is 4.92. The molecule has 0 saturated carbocycles. The van der Waals surface area contributed by atoms with Crippen LogP contribution in [0.5, 0.6) is 5.88 Å². The third-order valence-electron chi connectivity index (χ3n) is 1.65. The number of hydrogen-bond donors (Lipinski definition) is 1. The highest BCUT2D eigenvalue weighted by molar-refractivity contribution is 6.16. The zero-order chi connectivity index (χ0) is 11.8. The second-order valence-electron chi connectivity index (χ2n) is 2.87. The average Bonchev–Trinajstić information content (AvgIpc) is 2.29. The third kappa shape index (κ3) is 4.20. The summed E-state index contributed by atoms with van der Waals surface area (Å²) in [5.41, 5.74) is 0.649. The number of hydrogen-bond acceptors (Lipinski definition) is 3. The fraction of sp³-hybridized carbons (Fsp3) is 0.273. The first-order chi connectivity index (χ1) is 7.76. The standard InChI is InChI=1S/C11H11ClN2O2/c1-2-3-7-13-11(15)16-10-6-4-5-9(8-12)14-10/h1,4-6H,3,7-8H2,(H,13,15). The zero-order valence-corrected chi connectivity index (χ0v) is 9.33. The van der Waals surface area contributed by atoms with Gasteiger partial charge in [0.1, 0.15) is 0 Å². The Kier molecular flexibility index (Phi) is 5.17. The Morgan fingerprint density at radius 3 is 3.12 bits per heavy atom. The van der Waals surface area contributed by atoms with E-state index in [0.29, 0.717) is 18.7 Å². The van der Waals surface area contributed by atoms with Gasteiger partial charge in [0.25, 0.3) is 0 Å². The number of aromatic nitrogens is 1. The lowest BCUT2D eigenvalue weighted by molar-refractivity contribution is 0.199. The maximum atomic E-state index is 11.2. The van der Waals surface area contributed by atoms with Crippen molar-refractivity contribution in [2.75, 3.05) is 6.54 Å². The number of ether oxygens (including phenoxy) is 1. The van der Waals surface area contributed by atoms with Gasteiger partial charge in [-0.25, -0.2) is 9.78 Å². The van der Waals surface area contributed by atoms with E-state index in [1.807, 2.05) is 0 Å². The molecule has 0 aliphatic carbocycles. The highest BCUT2D eigenvalue weighted by atomic mass is 35.5. The first kappa shape index (κ1) is 12.3. The fourth-order valence-electron chi connectivity index (χ4n) is 0.957. The molecule has 1 aromatic rings. The summed E-state index contributed by atoms with van der Waals surface area (Å²) in [5.74, 6) is 2.89. The van der Waals surface area contributed by atoms with E-state index in [-0.39, 0.29) is 11.8 Å². The lowest BCUT2D eigenvalue weighted by Gasteiger charge is -2.04. The van der Waals surface area contributed by atoms with Crippen molar-refractivity contribution in [1.29, 1.82) is 0 Å². The van der Waals surface area contributed by atoms with Crippen molar-refractivity contribution in [2.24, 2.45) is 0 Å². The summed E-state index contributed by atoms with van der Waals surface area (Å²) in [6.07, 6.45) is 4.92. The largest absolute Gasteiger partial charge is 0.413 e. The van der Waals surface area contributed by atoms with Gasteiger partial charge in [-0.05, 0) is 6.07 Å². The molecule has 0 aliphatic rings. The number of nitrogens with zero attached hydrogens (tertiary/aromatic N) is 1. The van der Waals surface area contributed by atoms with Gasteiger partial charge in [0.05, 0.1) is 11.6 Å². The number of carbonyl (C=O) groups excluding carboxylic acids is 1. The Bertz CT molecular complexity index is 401. The van der Waals surface area contributed by atoms with Crippen LogP contribution in [0.15, 0.2) is 18.2 Å². The van der Waals surface area contributed by atoms with Gasteiger partial charge in [0.2, 0.25) is 5.88 Å². The van der Waals surface area contributed by atoms with E-state index < -0.39 is 6.09 Å². The average molecular weight is 239 g/mol. The van der Waals surface area contributed by atoms with Crippen molar-refractivity contribution in [1.82, 2.24) is 10.3 Å². The molecule has 5 heteroatoms. The molecule has 0 aliphatic heterocycles. The monoisotopic (exact) mass is 238 g/mol. The van der Waals surface area contributed by atoms with Crippen molar-refractivity contribution >= 4 is 17.7 Å². The quantitative estimate of drug-likeness (QED) is 0.495. The van der Waals surface area contributed by atoms with E-state index in [2.05, 4.69) is 16.2 Å². The van der Waals surface area contributed by atoms with E-state index in [0.717, 1.165) is 0 Å². The summed E-state index contributed by atoms with van der Waals surface area (Å²) in [7, 11) is 0. The van der Waals surface area contributed by atoms with Crippen LogP contribution in [0.3, 0.4) is 0 Å². The highest BCUT2D eigenvalue weighted by Gasteiger charge is 2.04. The molecule has 0 bridgehead atoms. The van der Waals surface area contributed by atoms with Gasteiger partial charge >= 0.3 is 6.09 Å². The van der Waals surface area contributed by atoms with Crippen LogP contribution in [-0.4, -0.2) is 17.6 Å². The molecule has 1 N–H and O–H groups in total. The predicted octanol–water partition coefficient (Wildman–Crippen LogP) is 1.93. The van der Waals surface area contributed by atoms with Crippen LogP contribution >= 0.6 is 11.6 Å². The molecule has 4 nitrogen and oxygen atoms in total. The van der Waals surface area contributed by atoms with Gasteiger partial charge in [-0.2, -0.15) is 0 Å². The maximum absolute atomic E-state index is 11.2. The molecule has 16 heavy (non-hydrogen) atoms. The lowest BCUT2D eigenvalue weighted by atomic mass is 10.4. The number of amides is 1. The second-order valence-corrected chi connectivity index (χ2v) is 3.14. The number of pyridine rings is 1. The van der Waals surface area contributed by atoms with Gasteiger partial charge in [-0.1, -0.05) is 6.07 Å². The molecular weight excluding hydrogens is 228 g/mol. The van der Waals surface area contributed by atoms with E-state index in [4.69, 9.17) is 22.8 Å². The Balaban J connectivity index is 2.46. The third-order valence-corrected chi connectivity index (χ3v) is 1.93. The Hall–Kier alpha value is -1.73. The molecule has 0 fully saturated rings. The molecule has 84 valence electrons. The summed E-state index contributed by atoms with van der Waals surface area (Å²) in [6, 6.07) is 5.04. The fourth-order valence-corrected chi connectivity index (χ4v) is 1.11. The molecule has 0 radical (unpaired) electrons. The van der Waals surface area contributed by atoms with Crippen molar-refractivity contribution < 1.29 is 9.53 Å². The maximum Gasteiger partial charge on any atom is 0.413 e. The SMILES string of the molecule is C#CCCNC(=O)Oc1cccc(CCl)n1. The molecule has 1 amide bonds. The van der Waals surface area contributed by atoms with Crippen LogP contribution in [0.2, 0.25) is 0 Å². The van der Waals surface area contributed by atoms with E-state index in [1.54, 1.807) is 18.2 Å². The summed E-state index contributed by atoms with van der Waals surface area (Å²) in [4.78, 5) is 15.2. The lowest BCUT2D eigenvalue weighted by Crippen LogP contribution is -2.27. The molecule has 1 aromatic heterocycles. The van der Waals surface area contributed by atoms with Crippen molar-refractivity contribution in [3.63, 3.8) is 0 Å². The minimum atomic E-state index is -0.575. The van der Waals surface area contributed by atoms with E-state index in [1.165, 1.54) is 0 Å². The number of halogens is 1. The van der Waals surface area contributed by atoms with Gasteiger partial charge in [0, 0.05) is 19.0 Å². The molecule has 1 heterocycles.